The van der Waals surface area contributed by atoms with Gasteiger partial charge in [-0.2, -0.15) is 0 Å². The van der Waals surface area contributed by atoms with E-state index in [1.165, 1.54) is 0 Å². The Bertz CT molecular complexity index is 708. The summed E-state index contributed by atoms with van der Waals surface area (Å²) in [6, 6.07) is 9.21. The van der Waals surface area contributed by atoms with Crippen molar-refractivity contribution in [1.29, 1.82) is 0 Å². The Labute approximate surface area is 135 Å². The first-order valence-electron chi connectivity index (χ1n) is 7.84. The molecule has 1 heterocycles. The molecular weight excluding hydrogens is 292 g/mol. The molecule has 2 N–H and O–H groups in total. The van der Waals surface area contributed by atoms with Crippen LogP contribution in [0.5, 0.6) is 0 Å². The Morgan fingerprint density at radius 1 is 1.39 bits per heavy atom. The van der Waals surface area contributed by atoms with E-state index in [9.17, 15) is 9.90 Å². The third-order valence-corrected chi connectivity index (χ3v) is 4.41. The number of hydrogen-bond acceptors (Lipinski definition) is 4. The van der Waals surface area contributed by atoms with Gasteiger partial charge in [-0.05, 0) is 37.1 Å². The molecule has 0 fully saturated rings. The Hall–Kier alpha value is -2.27. The van der Waals surface area contributed by atoms with Gasteiger partial charge in [0.15, 0.2) is 0 Å². The molecular formula is C18H22N2O3. The van der Waals surface area contributed by atoms with Crippen molar-refractivity contribution >= 4 is 11.6 Å². The minimum atomic E-state index is -1.05. The van der Waals surface area contributed by atoms with E-state index in [0.29, 0.717) is 12.0 Å². The fraction of sp³-hybridized carbons (Fsp3) is 0.389. The molecule has 3 rings (SSSR count). The molecule has 1 unspecified atom stereocenters. The van der Waals surface area contributed by atoms with Crippen LogP contribution in [-0.4, -0.2) is 31.7 Å². The highest BCUT2D eigenvalue weighted by molar-refractivity contribution is 5.95. The van der Waals surface area contributed by atoms with Crippen LogP contribution >= 0.6 is 0 Å². The fourth-order valence-electron chi connectivity index (χ4n) is 3.06. The topological polar surface area (TPSA) is 65.7 Å². The minimum Gasteiger partial charge on any atom is -0.469 e. The van der Waals surface area contributed by atoms with Gasteiger partial charge < -0.3 is 19.7 Å². The normalized spacial score (nSPS) is 20.0. The van der Waals surface area contributed by atoms with Crippen LogP contribution in [0.3, 0.4) is 0 Å². The Kier molecular flexibility index (Phi) is 4.13. The second kappa shape index (κ2) is 6.08. The van der Waals surface area contributed by atoms with Crippen LogP contribution < -0.4 is 10.2 Å². The summed E-state index contributed by atoms with van der Waals surface area (Å²) in [5, 5.41) is 13.7. The lowest BCUT2D eigenvalue weighted by Gasteiger charge is -2.31. The van der Waals surface area contributed by atoms with Crippen LogP contribution in [0.25, 0.3) is 0 Å². The molecule has 1 aromatic heterocycles. The molecule has 2 aromatic rings. The number of nitrogens with one attached hydrogen (secondary N) is 1. The third kappa shape index (κ3) is 3.10. The van der Waals surface area contributed by atoms with Gasteiger partial charge in [-0.15, -0.1) is 0 Å². The molecule has 0 saturated heterocycles. The number of aryl methyl sites for hydroxylation is 1. The first kappa shape index (κ1) is 15.6. The van der Waals surface area contributed by atoms with Crippen molar-refractivity contribution in [1.82, 2.24) is 5.32 Å². The average molecular weight is 314 g/mol. The monoisotopic (exact) mass is 314 g/mol. The summed E-state index contributed by atoms with van der Waals surface area (Å²) in [5.41, 5.74) is 1.30. The van der Waals surface area contributed by atoms with E-state index in [0.717, 1.165) is 29.9 Å². The van der Waals surface area contributed by atoms with Crippen molar-refractivity contribution in [2.24, 2.45) is 0 Å². The highest BCUT2D eigenvalue weighted by atomic mass is 16.3. The molecule has 5 nitrogen and oxygen atoms in total. The summed E-state index contributed by atoms with van der Waals surface area (Å²) in [4.78, 5) is 14.3. The average Bonchev–Trinajstić information content (AvgIpc) is 3.03. The molecule has 1 aliphatic carbocycles. The van der Waals surface area contributed by atoms with Gasteiger partial charge in [0.05, 0.1) is 12.8 Å². The summed E-state index contributed by atoms with van der Waals surface area (Å²) in [6.45, 7) is 0.185. The standard InChI is InChI=1S/C18H22N2O3/c1-20(2)14-6-3-5-13(11-14)17(21)19-12-18(22)9-4-7-16-15(18)8-10-23-16/h3,5-6,8,10-11,22H,4,7,9,12H2,1-2H3,(H,19,21). The maximum absolute atomic E-state index is 12.4. The van der Waals surface area contributed by atoms with Gasteiger partial charge in [0.25, 0.3) is 5.91 Å². The summed E-state index contributed by atoms with van der Waals surface area (Å²) in [5.74, 6) is 0.639. The third-order valence-electron chi connectivity index (χ3n) is 4.41. The van der Waals surface area contributed by atoms with Crippen LogP contribution in [0.15, 0.2) is 41.0 Å². The molecule has 0 bridgehead atoms. The Morgan fingerprint density at radius 2 is 2.22 bits per heavy atom. The number of rotatable bonds is 4. The van der Waals surface area contributed by atoms with Crippen LogP contribution in [0.4, 0.5) is 5.69 Å². The Morgan fingerprint density at radius 3 is 3.00 bits per heavy atom. The van der Waals surface area contributed by atoms with Crippen molar-refractivity contribution in [3.8, 4) is 0 Å². The smallest absolute Gasteiger partial charge is 0.251 e. The number of carbonyl (C=O) groups is 1. The van der Waals surface area contributed by atoms with Crippen LogP contribution in [0, 0.1) is 0 Å². The number of fused-ring (bicyclic) bond motifs is 1. The van der Waals surface area contributed by atoms with E-state index in [1.54, 1.807) is 18.4 Å². The molecule has 0 saturated carbocycles. The van der Waals surface area contributed by atoms with Crippen LogP contribution in [0.2, 0.25) is 0 Å². The molecule has 23 heavy (non-hydrogen) atoms. The predicted molar refractivity (Wildman–Crippen MR) is 88.6 cm³/mol. The Balaban J connectivity index is 1.72. The second-order valence-electron chi connectivity index (χ2n) is 6.27. The summed E-state index contributed by atoms with van der Waals surface area (Å²) in [6.07, 6.45) is 3.91. The van der Waals surface area contributed by atoms with E-state index in [1.807, 2.05) is 37.2 Å². The zero-order chi connectivity index (χ0) is 16.4. The summed E-state index contributed by atoms with van der Waals surface area (Å²) >= 11 is 0. The van der Waals surface area contributed by atoms with E-state index in [2.05, 4.69) is 5.32 Å². The van der Waals surface area contributed by atoms with Gasteiger partial charge >= 0.3 is 0 Å². The summed E-state index contributed by atoms with van der Waals surface area (Å²) in [7, 11) is 3.87. The number of aliphatic hydroxyl groups is 1. The summed E-state index contributed by atoms with van der Waals surface area (Å²) < 4.78 is 5.41. The van der Waals surface area contributed by atoms with Gasteiger partial charge in [-0.1, -0.05) is 6.07 Å². The van der Waals surface area contributed by atoms with Crippen molar-refractivity contribution in [3.05, 3.63) is 53.5 Å². The number of anilines is 1. The van der Waals surface area contributed by atoms with Crippen molar-refractivity contribution in [3.63, 3.8) is 0 Å². The molecule has 1 atom stereocenters. The minimum absolute atomic E-state index is 0.183. The molecule has 1 aromatic carbocycles. The van der Waals surface area contributed by atoms with Gasteiger partial charge in [-0.3, -0.25) is 4.79 Å². The van der Waals surface area contributed by atoms with E-state index in [4.69, 9.17) is 4.42 Å². The predicted octanol–water partition coefficient (Wildman–Crippen LogP) is 2.30. The van der Waals surface area contributed by atoms with E-state index >= 15 is 0 Å². The molecule has 0 radical (unpaired) electrons. The second-order valence-corrected chi connectivity index (χ2v) is 6.27. The van der Waals surface area contributed by atoms with Gasteiger partial charge in [0.1, 0.15) is 11.4 Å². The maximum atomic E-state index is 12.4. The van der Waals surface area contributed by atoms with E-state index in [-0.39, 0.29) is 12.5 Å². The zero-order valence-electron chi connectivity index (χ0n) is 13.5. The molecule has 5 heteroatoms. The maximum Gasteiger partial charge on any atom is 0.251 e. The lowest BCUT2D eigenvalue weighted by atomic mass is 9.83. The number of benzene rings is 1. The van der Waals surface area contributed by atoms with Gasteiger partial charge in [0, 0.05) is 37.3 Å². The molecule has 0 spiro atoms. The van der Waals surface area contributed by atoms with Crippen molar-refractivity contribution < 1.29 is 14.3 Å². The van der Waals surface area contributed by atoms with Crippen LogP contribution in [0.1, 0.15) is 34.5 Å². The van der Waals surface area contributed by atoms with E-state index < -0.39 is 5.60 Å². The molecule has 1 amide bonds. The lowest BCUT2D eigenvalue weighted by Crippen LogP contribution is -2.42. The largest absolute Gasteiger partial charge is 0.469 e. The number of carbonyl (C=O) groups excluding carboxylic acids is 1. The van der Waals surface area contributed by atoms with Gasteiger partial charge in [0.2, 0.25) is 0 Å². The first-order valence-corrected chi connectivity index (χ1v) is 7.84. The van der Waals surface area contributed by atoms with Crippen LogP contribution in [-0.2, 0) is 12.0 Å². The first-order chi connectivity index (χ1) is 11.0. The SMILES string of the molecule is CN(C)c1cccc(C(=O)NCC2(O)CCCc3occc32)c1. The number of nitrogens with zero attached hydrogens (tertiary/aromatic N) is 1. The highest BCUT2D eigenvalue weighted by Crippen LogP contribution is 2.35. The number of hydrogen-bond donors (Lipinski definition) is 2. The fourth-order valence-corrected chi connectivity index (χ4v) is 3.06. The highest BCUT2D eigenvalue weighted by Gasteiger charge is 2.36. The number of amides is 1. The quantitative estimate of drug-likeness (QED) is 0.909. The van der Waals surface area contributed by atoms with Crippen molar-refractivity contribution in [2.75, 3.05) is 25.5 Å². The molecule has 122 valence electrons. The number of furan rings is 1. The van der Waals surface area contributed by atoms with Gasteiger partial charge in [-0.25, -0.2) is 0 Å². The molecule has 0 aliphatic heterocycles. The zero-order valence-corrected chi connectivity index (χ0v) is 13.5. The van der Waals surface area contributed by atoms with Crippen molar-refractivity contribution in [2.45, 2.75) is 24.9 Å². The molecule has 1 aliphatic rings. The lowest BCUT2D eigenvalue weighted by molar-refractivity contribution is 0.0169.